The third kappa shape index (κ3) is 1.80. The summed E-state index contributed by atoms with van der Waals surface area (Å²) in [4.78, 5) is 11.5. The minimum Gasteiger partial charge on any atom is -0.258 e. The van der Waals surface area contributed by atoms with E-state index in [2.05, 4.69) is 0 Å². The van der Waals surface area contributed by atoms with Crippen molar-refractivity contribution in [2.24, 2.45) is 0 Å². The van der Waals surface area contributed by atoms with E-state index in [-0.39, 0.29) is 4.92 Å². The van der Waals surface area contributed by atoms with Gasteiger partial charge in [-0.25, -0.2) is 0 Å². The van der Waals surface area contributed by atoms with Crippen LogP contribution >= 0.6 is 11.3 Å². The molecular weight excluding hydrogens is 198 g/mol. The van der Waals surface area contributed by atoms with Crippen molar-refractivity contribution >= 4 is 17.0 Å². The predicted molar refractivity (Wildman–Crippen MR) is 56.8 cm³/mol. The van der Waals surface area contributed by atoms with Gasteiger partial charge in [-0.15, -0.1) is 11.3 Å². The van der Waals surface area contributed by atoms with Gasteiger partial charge < -0.3 is 0 Å². The second kappa shape index (κ2) is 4.09. The number of hydrogen-bond acceptors (Lipinski definition) is 3. The van der Waals surface area contributed by atoms with Gasteiger partial charge in [0.05, 0.1) is 9.80 Å². The van der Waals surface area contributed by atoms with E-state index in [0.717, 1.165) is 17.7 Å². The van der Waals surface area contributed by atoms with E-state index in [9.17, 15) is 10.1 Å². The first kappa shape index (κ1) is 9.65. The molecule has 0 aromatic carbocycles. The van der Waals surface area contributed by atoms with Crippen LogP contribution in [0.25, 0.3) is 0 Å². The van der Waals surface area contributed by atoms with Crippen LogP contribution in [-0.2, 0) is 0 Å². The number of nitro groups is 1. The van der Waals surface area contributed by atoms with Gasteiger partial charge in [-0.2, -0.15) is 0 Å². The van der Waals surface area contributed by atoms with E-state index in [4.69, 9.17) is 0 Å². The van der Waals surface area contributed by atoms with Gasteiger partial charge in [0, 0.05) is 12.0 Å². The summed E-state index contributed by atoms with van der Waals surface area (Å²) >= 11 is 1.54. The Balaban J connectivity index is 2.21. The lowest BCUT2D eigenvalue weighted by Gasteiger charge is -2.19. The van der Waals surface area contributed by atoms with E-state index >= 15 is 0 Å². The standard InChI is InChI=1S/C10H13NO2S/c12-11(13)9-6-7-14-10(9)8-4-2-1-3-5-8/h6-8H,1-5H2. The van der Waals surface area contributed by atoms with Gasteiger partial charge in [0.25, 0.3) is 5.69 Å². The molecule has 0 N–H and O–H groups in total. The third-order valence-electron chi connectivity index (χ3n) is 2.85. The molecule has 1 fully saturated rings. The molecule has 0 atom stereocenters. The molecule has 1 saturated carbocycles. The number of hydrogen-bond donors (Lipinski definition) is 0. The maximum atomic E-state index is 10.7. The molecule has 2 rings (SSSR count). The van der Waals surface area contributed by atoms with Crippen molar-refractivity contribution in [2.75, 3.05) is 0 Å². The van der Waals surface area contributed by atoms with Gasteiger partial charge >= 0.3 is 0 Å². The highest BCUT2D eigenvalue weighted by Crippen LogP contribution is 2.40. The van der Waals surface area contributed by atoms with Gasteiger partial charge in [0.15, 0.2) is 0 Å². The Kier molecular flexibility index (Phi) is 2.82. The molecule has 0 unspecified atom stereocenters. The van der Waals surface area contributed by atoms with E-state index in [1.54, 1.807) is 17.4 Å². The normalized spacial score (nSPS) is 18.3. The highest BCUT2D eigenvalue weighted by atomic mass is 32.1. The van der Waals surface area contributed by atoms with E-state index in [1.165, 1.54) is 19.3 Å². The van der Waals surface area contributed by atoms with Crippen LogP contribution in [0.4, 0.5) is 5.69 Å². The number of rotatable bonds is 2. The lowest BCUT2D eigenvalue weighted by molar-refractivity contribution is -0.385. The van der Waals surface area contributed by atoms with Crippen LogP contribution in [0.3, 0.4) is 0 Å². The molecule has 0 aliphatic heterocycles. The lowest BCUT2D eigenvalue weighted by Crippen LogP contribution is -2.04. The monoisotopic (exact) mass is 211 g/mol. The van der Waals surface area contributed by atoms with E-state index in [1.807, 2.05) is 5.38 Å². The summed E-state index contributed by atoms with van der Waals surface area (Å²) in [6.07, 6.45) is 5.98. The fraction of sp³-hybridized carbons (Fsp3) is 0.600. The Hall–Kier alpha value is -0.900. The van der Waals surface area contributed by atoms with Gasteiger partial charge in [-0.3, -0.25) is 10.1 Å². The van der Waals surface area contributed by atoms with Crippen molar-refractivity contribution < 1.29 is 4.92 Å². The molecule has 1 aromatic heterocycles. The average Bonchev–Trinajstić information content (AvgIpc) is 2.67. The second-order valence-corrected chi connectivity index (χ2v) is 4.71. The maximum absolute atomic E-state index is 10.7. The van der Waals surface area contributed by atoms with Crippen molar-refractivity contribution in [3.05, 3.63) is 26.4 Å². The van der Waals surface area contributed by atoms with Crippen molar-refractivity contribution in [1.82, 2.24) is 0 Å². The van der Waals surface area contributed by atoms with Crippen LogP contribution in [0.5, 0.6) is 0 Å². The Morgan fingerprint density at radius 2 is 2.07 bits per heavy atom. The van der Waals surface area contributed by atoms with Crippen LogP contribution in [0, 0.1) is 10.1 Å². The Bertz CT molecular complexity index is 329. The smallest absolute Gasteiger partial charge is 0.258 e. The van der Waals surface area contributed by atoms with Crippen molar-refractivity contribution in [3.8, 4) is 0 Å². The summed E-state index contributed by atoms with van der Waals surface area (Å²) in [6, 6.07) is 1.63. The van der Waals surface area contributed by atoms with Crippen molar-refractivity contribution in [1.29, 1.82) is 0 Å². The summed E-state index contributed by atoms with van der Waals surface area (Å²) in [7, 11) is 0. The minimum atomic E-state index is -0.250. The van der Waals surface area contributed by atoms with Crippen LogP contribution in [0.2, 0.25) is 0 Å². The fourth-order valence-electron chi connectivity index (χ4n) is 2.14. The first-order valence-corrected chi connectivity index (χ1v) is 5.89. The zero-order valence-electron chi connectivity index (χ0n) is 7.94. The van der Waals surface area contributed by atoms with Gasteiger partial charge in [-0.05, 0) is 18.2 Å². The first-order valence-electron chi connectivity index (χ1n) is 5.01. The molecule has 3 nitrogen and oxygen atoms in total. The zero-order valence-corrected chi connectivity index (χ0v) is 8.76. The zero-order chi connectivity index (χ0) is 9.97. The quantitative estimate of drug-likeness (QED) is 0.553. The molecule has 1 aliphatic carbocycles. The van der Waals surface area contributed by atoms with Gasteiger partial charge in [-0.1, -0.05) is 19.3 Å². The molecule has 0 spiro atoms. The van der Waals surface area contributed by atoms with E-state index < -0.39 is 0 Å². The third-order valence-corrected chi connectivity index (χ3v) is 3.91. The average molecular weight is 211 g/mol. The highest BCUT2D eigenvalue weighted by molar-refractivity contribution is 7.10. The summed E-state index contributed by atoms with van der Waals surface area (Å²) in [5.41, 5.74) is 0.335. The van der Waals surface area contributed by atoms with Crippen LogP contribution in [-0.4, -0.2) is 4.92 Å². The molecule has 14 heavy (non-hydrogen) atoms. The fourth-order valence-corrected chi connectivity index (χ4v) is 3.17. The highest BCUT2D eigenvalue weighted by Gasteiger charge is 2.24. The molecule has 4 heteroatoms. The molecule has 0 saturated heterocycles. The number of thiophene rings is 1. The van der Waals surface area contributed by atoms with Crippen LogP contribution < -0.4 is 0 Å². The van der Waals surface area contributed by atoms with E-state index in [0.29, 0.717) is 11.6 Å². The van der Waals surface area contributed by atoms with Crippen molar-refractivity contribution in [2.45, 2.75) is 38.0 Å². The molecule has 1 aliphatic rings. The summed E-state index contributed by atoms with van der Waals surface area (Å²) in [5.74, 6) is 0.448. The topological polar surface area (TPSA) is 43.1 Å². The summed E-state index contributed by atoms with van der Waals surface area (Å²) in [5, 5.41) is 12.6. The molecule has 0 amide bonds. The Labute approximate surface area is 86.9 Å². The van der Waals surface area contributed by atoms with Crippen molar-refractivity contribution in [3.63, 3.8) is 0 Å². The predicted octanol–water partition coefficient (Wildman–Crippen LogP) is 3.70. The largest absolute Gasteiger partial charge is 0.283 e. The Morgan fingerprint density at radius 1 is 1.36 bits per heavy atom. The summed E-state index contributed by atoms with van der Waals surface area (Å²) < 4.78 is 0. The SMILES string of the molecule is O=[N+]([O-])c1ccsc1C1CCCCC1. The van der Waals surface area contributed by atoms with Crippen LogP contribution in [0.1, 0.15) is 42.9 Å². The molecule has 1 aromatic rings. The first-order chi connectivity index (χ1) is 6.79. The van der Waals surface area contributed by atoms with Gasteiger partial charge in [0.2, 0.25) is 0 Å². The minimum absolute atomic E-state index is 0.250. The summed E-state index contributed by atoms with van der Waals surface area (Å²) in [6.45, 7) is 0. The molecular formula is C10H13NO2S. The molecule has 0 bridgehead atoms. The molecule has 0 radical (unpaired) electrons. The lowest BCUT2D eigenvalue weighted by atomic mass is 9.88. The number of nitrogens with zero attached hydrogens (tertiary/aromatic N) is 1. The molecule has 76 valence electrons. The Morgan fingerprint density at radius 3 is 2.71 bits per heavy atom. The van der Waals surface area contributed by atoms with Gasteiger partial charge in [0.1, 0.15) is 0 Å². The maximum Gasteiger partial charge on any atom is 0.283 e. The molecule has 1 heterocycles. The second-order valence-electron chi connectivity index (χ2n) is 3.76. The van der Waals surface area contributed by atoms with Crippen LogP contribution in [0.15, 0.2) is 11.4 Å².